The molecule has 0 aliphatic heterocycles. The number of hydrogen-bond acceptors (Lipinski definition) is 2. The average molecular weight is 249 g/mol. The zero-order chi connectivity index (χ0) is 11.9. The van der Waals surface area contributed by atoms with Crippen LogP contribution in [0, 0.1) is 5.92 Å². The Morgan fingerprint density at radius 1 is 1.18 bits per heavy atom. The van der Waals surface area contributed by atoms with Gasteiger partial charge in [0.2, 0.25) is 0 Å². The Bertz CT molecular complexity index is 308. The third-order valence-electron chi connectivity index (χ3n) is 3.17. The van der Waals surface area contributed by atoms with Crippen LogP contribution < -0.4 is 0 Å². The van der Waals surface area contributed by atoms with Crippen molar-refractivity contribution < 1.29 is 0 Å². The van der Waals surface area contributed by atoms with Gasteiger partial charge in [-0.15, -0.1) is 11.8 Å². The lowest BCUT2D eigenvalue weighted by Gasteiger charge is -2.21. The molecule has 1 aromatic carbocycles. The molecule has 0 heterocycles. The molecule has 0 spiro atoms. The summed E-state index contributed by atoms with van der Waals surface area (Å²) < 4.78 is 0. The number of hydrogen-bond donors (Lipinski definition) is 0. The Morgan fingerprint density at radius 2 is 1.94 bits per heavy atom. The lowest BCUT2D eigenvalue weighted by Crippen LogP contribution is -2.29. The van der Waals surface area contributed by atoms with E-state index >= 15 is 0 Å². The molecule has 17 heavy (non-hydrogen) atoms. The minimum atomic E-state index is 1.02. The van der Waals surface area contributed by atoms with E-state index in [0.717, 1.165) is 5.92 Å². The fourth-order valence-corrected chi connectivity index (χ4v) is 3.02. The highest BCUT2D eigenvalue weighted by Crippen LogP contribution is 2.30. The molecule has 0 unspecified atom stereocenters. The zero-order valence-electron chi connectivity index (χ0n) is 10.8. The van der Waals surface area contributed by atoms with Crippen molar-refractivity contribution in [2.75, 3.05) is 25.4 Å². The molecule has 1 aliphatic rings. The van der Waals surface area contributed by atoms with E-state index in [1.54, 1.807) is 0 Å². The number of thioether (sulfide) groups is 1. The molecule has 0 amide bonds. The smallest absolute Gasteiger partial charge is 0.0108 e. The largest absolute Gasteiger partial charge is 0.302 e. The van der Waals surface area contributed by atoms with E-state index in [-0.39, 0.29) is 0 Å². The molecule has 1 aliphatic carbocycles. The van der Waals surface area contributed by atoms with Crippen LogP contribution in [0.2, 0.25) is 0 Å². The first-order valence-electron chi connectivity index (χ1n) is 6.78. The van der Waals surface area contributed by atoms with Gasteiger partial charge < -0.3 is 4.90 Å². The van der Waals surface area contributed by atoms with Gasteiger partial charge in [-0.2, -0.15) is 0 Å². The van der Waals surface area contributed by atoms with Crippen LogP contribution in [0.1, 0.15) is 26.2 Å². The summed E-state index contributed by atoms with van der Waals surface area (Å²) in [4.78, 5) is 4.04. The molecule has 1 saturated carbocycles. The van der Waals surface area contributed by atoms with Crippen molar-refractivity contribution >= 4 is 11.8 Å². The molecule has 0 N–H and O–H groups in total. The first kappa shape index (κ1) is 13.0. The van der Waals surface area contributed by atoms with Gasteiger partial charge in [-0.1, -0.05) is 25.1 Å². The standard InChI is InChI=1S/C15H23NS/c1-2-10-16(13-14-8-9-14)11-12-17-15-6-4-3-5-7-15/h3-7,14H,2,8-13H2,1H3. The summed E-state index contributed by atoms with van der Waals surface area (Å²) in [6, 6.07) is 10.7. The molecule has 0 radical (unpaired) electrons. The summed E-state index contributed by atoms with van der Waals surface area (Å²) >= 11 is 1.98. The molecule has 2 rings (SSSR count). The second-order valence-corrected chi connectivity index (χ2v) is 6.07. The molecular weight excluding hydrogens is 226 g/mol. The number of nitrogens with zero attached hydrogens (tertiary/aromatic N) is 1. The topological polar surface area (TPSA) is 3.24 Å². The molecule has 2 heteroatoms. The summed E-state index contributed by atoms with van der Waals surface area (Å²) in [5.41, 5.74) is 0. The summed E-state index contributed by atoms with van der Waals surface area (Å²) in [5, 5.41) is 0. The monoisotopic (exact) mass is 249 g/mol. The van der Waals surface area contributed by atoms with Crippen LogP contribution >= 0.6 is 11.8 Å². The molecule has 0 atom stereocenters. The maximum atomic E-state index is 2.65. The van der Waals surface area contributed by atoms with Gasteiger partial charge in [-0.25, -0.2) is 0 Å². The molecule has 1 nitrogen and oxygen atoms in total. The molecule has 1 aromatic rings. The fraction of sp³-hybridized carbons (Fsp3) is 0.600. The van der Waals surface area contributed by atoms with Gasteiger partial charge in [-0.3, -0.25) is 0 Å². The van der Waals surface area contributed by atoms with Gasteiger partial charge in [0.25, 0.3) is 0 Å². The van der Waals surface area contributed by atoms with Crippen LogP contribution in [-0.4, -0.2) is 30.3 Å². The first-order valence-corrected chi connectivity index (χ1v) is 7.77. The number of rotatable bonds is 8. The van der Waals surface area contributed by atoms with Crippen LogP contribution in [0.3, 0.4) is 0 Å². The van der Waals surface area contributed by atoms with Crippen molar-refractivity contribution in [3.8, 4) is 0 Å². The molecule has 0 bridgehead atoms. The van der Waals surface area contributed by atoms with Crippen molar-refractivity contribution in [2.24, 2.45) is 5.92 Å². The van der Waals surface area contributed by atoms with Gasteiger partial charge in [-0.05, 0) is 43.9 Å². The lowest BCUT2D eigenvalue weighted by molar-refractivity contribution is 0.279. The van der Waals surface area contributed by atoms with Crippen molar-refractivity contribution in [3.05, 3.63) is 30.3 Å². The summed E-state index contributed by atoms with van der Waals surface area (Å²) in [6.07, 6.45) is 4.21. The summed E-state index contributed by atoms with van der Waals surface area (Å²) in [5.74, 6) is 2.24. The first-order chi connectivity index (χ1) is 8.38. The maximum Gasteiger partial charge on any atom is 0.0108 e. The average Bonchev–Trinajstić information content (AvgIpc) is 3.15. The Kier molecular flexibility index (Phi) is 5.40. The van der Waals surface area contributed by atoms with Crippen LogP contribution in [0.15, 0.2) is 35.2 Å². The summed E-state index contributed by atoms with van der Waals surface area (Å²) in [6.45, 7) is 6.13. The van der Waals surface area contributed by atoms with Crippen molar-refractivity contribution in [2.45, 2.75) is 31.1 Å². The van der Waals surface area contributed by atoms with Gasteiger partial charge in [0.1, 0.15) is 0 Å². The van der Waals surface area contributed by atoms with E-state index in [0.29, 0.717) is 0 Å². The summed E-state index contributed by atoms with van der Waals surface area (Å²) in [7, 11) is 0. The molecular formula is C15H23NS. The van der Waals surface area contributed by atoms with Crippen LogP contribution in [0.4, 0.5) is 0 Å². The maximum absolute atomic E-state index is 2.65. The SMILES string of the molecule is CCCN(CCSc1ccccc1)CC1CC1. The minimum Gasteiger partial charge on any atom is -0.302 e. The highest BCUT2D eigenvalue weighted by molar-refractivity contribution is 7.99. The second kappa shape index (κ2) is 7.07. The van der Waals surface area contributed by atoms with Crippen molar-refractivity contribution in [1.29, 1.82) is 0 Å². The van der Waals surface area contributed by atoms with Gasteiger partial charge >= 0.3 is 0 Å². The van der Waals surface area contributed by atoms with E-state index in [2.05, 4.69) is 42.2 Å². The fourth-order valence-electron chi connectivity index (χ4n) is 2.09. The highest BCUT2D eigenvalue weighted by atomic mass is 32.2. The quantitative estimate of drug-likeness (QED) is 0.643. The molecule has 0 aromatic heterocycles. The second-order valence-electron chi connectivity index (χ2n) is 4.91. The van der Waals surface area contributed by atoms with Gasteiger partial charge in [0.15, 0.2) is 0 Å². The van der Waals surface area contributed by atoms with Crippen LogP contribution in [0.25, 0.3) is 0 Å². The third-order valence-corrected chi connectivity index (χ3v) is 4.16. The van der Waals surface area contributed by atoms with E-state index in [1.165, 1.54) is 49.5 Å². The Balaban J connectivity index is 1.67. The lowest BCUT2D eigenvalue weighted by atomic mass is 10.3. The van der Waals surface area contributed by atoms with E-state index in [4.69, 9.17) is 0 Å². The van der Waals surface area contributed by atoms with Crippen molar-refractivity contribution in [1.82, 2.24) is 4.90 Å². The number of benzene rings is 1. The predicted octanol–water partition coefficient (Wildman–Crippen LogP) is 3.90. The third kappa shape index (κ3) is 5.13. The Hall–Kier alpha value is -0.470. The van der Waals surface area contributed by atoms with Gasteiger partial charge in [0.05, 0.1) is 0 Å². The van der Waals surface area contributed by atoms with Crippen molar-refractivity contribution in [3.63, 3.8) is 0 Å². The van der Waals surface area contributed by atoms with Gasteiger partial charge in [0, 0.05) is 23.7 Å². The predicted molar refractivity (Wildman–Crippen MR) is 76.6 cm³/mol. The van der Waals surface area contributed by atoms with Crippen LogP contribution in [0.5, 0.6) is 0 Å². The highest BCUT2D eigenvalue weighted by Gasteiger charge is 2.23. The van der Waals surface area contributed by atoms with E-state index in [1.807, 2.05) is 11.8 Å². The minimum absolute atomic E-state index is 1.02. The molecule has 0 saturated heterocycles. The normalized spacial score (nSPS) is 15.4. The van der Waals surface area contributed by atoms with E-state index < -0.39 is 0 Å². The van der Waals surface area contributed by atoms with Crippen LogP contribution in [-0.2, 0) is 0 Å². The molecule has 94 valence electrons. The molecule has 1 fully saturated rings. The van der Waals surface area contributed by atoms with E-state index in [9.17, 15) is 0 Å². The Labute approximate surface area is 110 Å². The zero-order valence-corrected chi connectivity index (χ0v) is 11.6. The Morgan fingerprint density at radius 3 is 2.59 bits per heavy atom.